The predicted molar refractivity (Wildman–Crippen MR) is 83.7 cm³/mol. The number of fused-ring (bicyclic) bond motifs is 2. The summed E-state index contributed by atoms with van der Waals surface area (Å²) in [6.07, 6.45) is -1.49. The van der Waals surface area contributed by atoms with Crippen LogP contribution in [0.25, 0.3) is 0 Å². The van der Waals surface area contributed by atoms with E-state index in [-0.39, 0.29) is 35.5 Å². The summed E-state index contributed by atoms with van der Waals surface area (Å²) in [5.74, 6) is -1.97. The average Bonchev–Trinajstić information content (AvgIpc) is 2.50. The van der Waals surface area contributed by atoms with Crippen molar-refractivity contribution in [3.63, 3.8) is 0 Å². The zero-order valence-electron chi connectivity index (χ0n) is 12.5. The lowest BCUT2D eigenvalue weighted by Gasteiger charge is -2.49. The molecule has 0 aliphatic heterocycles. The summed E-state index contributed by atoms with van der Waals surface area (Å²) in [5, 5.41) is 10.2. The molecule has 122 valence electrons. The van der Waals surface area contributed by atoms with E-state index in [1.807, 2.05) is 0 Å². The first-order valence-corrected chi connectivity index (χ1v) is 7.78. The van der Waals surface area contributed by atoms with Crippen LogP contribution in [-0.2, 0) is 9.53 Å². The number of halogens is 2. The van der Waals surface area contributed by atoms with Gasteiger partial charge in [-0.05, 0) is 12.5 Å². The van der Waals surface area contributed by atoms with Gasteiger partial charge in [-0.2, -0.15) is 0 Å². The zero-order chi connectivity index (χ0) is 17.2. The predicted octanol–water partition coefficient (Wildman–Crippen LogP) is 2.41. The Morgan fingerprint density at radius 3 is 2.48 bits per heavy atom. The number of ether oxygens (including phenoxy) is 1. The highest BCUT2D eigenvalue weighted by molar-refractivity contribution is 6.56. The van der Waals surface area contributed by atoms with Crippen molar-refractivity contribution in [2.24, 2.45) is 0 Å². The molecule has 7 heteroatoms. The van der Waals surface area contributed by atoms with Gasteiger partial charge in [-0.15, -0.1) is 23.2 Å². The van der Waals surface area contributed by atoms with E-state index in [0.29, 0.717) is 5.56 Å². The Morgan fingerprint density at radius 1 is 1.22 bits per heavy atom. The molecular formula is C16H14Cl2O5. The Bertz CT molecular complexity index is 759. The number of benzene rings is 1. The molecule has 0 radical (unpaired) electrons. The molecule has 3 atom stereocenters. The van der Waals surface area contributed by atoms with E-state index in [1.54, 1.807) is 6.92 Å². The van der Waals surface area contributed by atoms with Crippen molar-refractivity contribution < 1.29 is 24.2 Å². The van der Waals surface area contributed by atoms with Gasteiger partial charge in [-0.1, -0.05) is 12.1 Å². The summed E-state index contributed by atoms with van der Waals surface area (Å²) >= 11 is 13.0. The molecule has 0 aromatic heterocycles. The number of hydrogen-bond acceptors (Lipinski definition) is 5. The van der Waals surface area contributed by atoms with Crippen LogP contribution in [0.1, 0.15) is 39.1 Å². The van der Waals surface area contributed by atoms with Gasteiger partial charge in [0.1, 0.15) is 16.4 Å². The number of alkyl halides is 2. The van der Waals surface area contributed by atoms with Gasteiger partial charge in [-0.25, -0.2) is 0 Å². The van der Waals surface area contributed by atoms with Gasteiger partial charge in [0.15, 0.2) is 16.4 Å². The van der Waals surface area contributed by atoms with Crippen molar-refractivity contribution >= 4 is 40.6 Å². The smallest absolute Gasteiger partial charge is 0.191 e. The first-order chi connectivity index (χ1) is 10.7. The highest BCUT2D eigenvalue weighted by atomic mass is 35.5. The Morgan fingerprint density at radius 2 is 1.87 bits per heavy atom. The number of aryl methyl sites for hydroxylation is 1. The fourth-order valence-corrected chi connectivity index (χ4v) is 4.27. The third-order valence-electron chi connectivity index (χ3n) is 4.70. The molecule has 0 unspecified atom stereocenters. The Hall–Kier alpha value is -1.43. The van der Waals surface area contributed by atoms with Gasteiger partial charge in [0.05, 0.1) is 11.7 Å². The maximum absolute atomic E-state index is 13.0. The Balaban J connectivity index is 2.34. The van der Waals surface area contributed by atoms with E-state index >= 15 is 0 Å². The van der Waals surface area contributed by atoms with Gasteiger partial charge in [0.2, 0.25) is 0 Å². The molecule has 0 saturated heterocycles. The summed E-state index contributed by atoms with van der Waals surface area (Å²) in [5.41, 5.74) is 0.254. The third kappa shape index (κ3) is 1.87. The van der Waals surface area contributed by atoms with E-state index in [0.717, 1.165) is 0 Å². The number of hydrogen-bond donors (Lipinski definition) is 1. The lowest BCUT2D eigenvalue weighted by atomic mass is 9.64. The first kappa shape index (κ1) is 16.4. The minimum absolute atomic E-state index is 0.000717. The van der Waals surface area contributed by atoms with Crippen molar-refractivity contribution in [1.29, 1.82) is 0 Å². The molecule has 1 aromatic carbocycles. The minimum atomic E-state index is -1.97. The van der Waals surface area contributed by atoms with E-state index in [4.69, 9.17) is 27.9 Å². The zero-order valence-corrected chi connectivity index (χ0v) is 14.0. The van der Waals surface area contributed by atoms with Gasteiger partial charge >= 0.3 is 0 Å². The quantitative estimate of drug-likeness (QED) is 0.781. The second kappa shape index (κ2) is 5.03. The van der Waals surface area contributed by atoms with E-state index in [9.17, 15) is 19.5 Å². The highest BCUT2D eigenvalue weighted by Crippen LogP contribution is 2.54. The molecule has 0 amide bonds. The lowest BCUT2D eigenvalue weighted by Crippen LogP contribution is -2.69. The Labute approximate surface area is 142 Å². The molecule has 5 nitrogen and oxygen atoms in total. The lowest BCUT2D eigenvalue weighted by molar-refractivity contribution is -0.125. The number of Topliss-reactive ketones (excluding diaryl/α,β-unsaturated/α-hetero) is 3. The number of phenols is 1. The number of ketones is 3. The molecule has 1 saturated carbocycles. The molecule has 0 bridgehead atoms. The standard InChI is InChI=1S/C16H14Cl2O5/c1-7-3-4-9-11(12(7)20)14(22)15(17)6-8(19)5-10(23-2)16(15,18)13(9)21/h3-4,10,20H,5-6H2,1-2H3/t10-,15+,16-/m0/s1. The fraction of sp³-hybridized carbons (Fsp3) is 0.438. The summed E-state index contributed by atoms with van der Waals surface area (Å²) in [6, 6.07) is 2.96. The van der Waals surface area contributed by atoms with Crippen LogP contribution >= 0.6 is 23.2 Å². The van der Waals surface area contributed by atoms with Crippen LogP contribution in [0.15, 0.2) is 12.1 Å². The summed E-state index contributed by atoms with van der Waals surface area (Å²) in [6.45, 7) is 1.60. The van der Waals surface area contributed by atoms with E-state index in [1.165, 1.54) is 19.2 Å². The maximum atomic E-state index is 13.0. The number of methoxy groups -OCH3 is 1. The van der Waals surface area contributed by atoms with E-state index < -0.39 is 27.4 Å². The molecule has 1 N–H and O–H groups in total. The Kier molecular flexibility index (Phi) is 3.59. The molecule has 23 heavy (non-hydrogen) atoms. The van der Waals surface area contributed by atoms with Crippen LogP contribution in [0.5, 0.6) is 5.75 Å². The molecule has 0 spiro atoms. The molecule has 0 heterocycles. The normalized spacial score (nSPS) is 33.4. The molecule has 1 aromatic rings. The number of rotatable bonds is 1. The third-order valence-corrected chi connectivity index (χ3v) is 6.14. The summed E-state index contributed by atoms with van der Waals surface area (Å²) in [7, 11) is 1.31. The number of carbonyl (C=O) groups excluding carboxylic acids is 3. The van der Waals surface area contributed by atoms with E-state index in [2.05, 4.69) is 0 Å². The average molecular weight is 357 g/mol. The van der Waals surface area contributed by atoms with Gasteiger partial charge in [-0.3, -0.25) is 14.4 Å². The van der Waals surface area contributed by atoms with Gasteiger partial charge in [0.25, 0.3) is 0 Å². The molecule has 2 aliphatic carbocycles. The van der Waals surface area contributed by atoms with Crippen molar-refractivity contribution in [3.8, 4) is 5.75 Å². The molecular weight excluding hydrogens is 343 g/mol. The molecule has 1 fully saturated rings. The minimum Gasteiger partial charge on any atom is -0.507 e. The van der Waals surface area contributed by atoms with Crippen LogP contribution in [0.3, 0.4) is 0 Å². The fourth-order valence-electron chi connectivity index (χ4n) is 3.40. The topological polar surface area (TPSA) is 80.7 Å². The van der Waals surface area contributed by atoms with Crippen molar-refractivity contribution in [2.75, 3.05) is 7.11 Å². The van der Waals surface area contributed by atoms with Gasteiger partial charge < -0.3 is 9.84 Å². The monoisotopic (exact) mass is 356 g/mol. The largest absolute Gasteiger partial charge is 0.507 e. The summed E-state index contributed by atoms with van der Waals surface area (Å²) in [4.78, 5) is 34.1. The first-order valence-electron chi connectivity index (χ1n) is 7.03. The van der Waals surface area contributed by atoms with Crippen LogP contribution in [0, 0.1) is 6.92 Å². The molecule has 3 rings (SSSR count). The van der Waals surface area contributed by atoms with Crippen LogP contribution in [0.2, 0.25) is 0 Å². The van der Waals surface area contributed by atoms with Crippen molar-refractivity contribution in [2.45, 2.75) is 35.6 Å². The van der Waals surface area contributed by atoms with Crippen LogP contribution in [-0.4, -0.2) is 45.4 Å². The van der Waals surface area contributed by atoms with Crippen LogP contribution in [0.4, 0.5) is 0 Å². The maximum Gasteiger partial charge on any atom is 0.191 e. The highest BCUT2D eigenvalue weighted by Gasteiger charge is 2.70. The number of carbonyl (C=O) groups is 3. The second-order valence-electron chi connectivity index (χ2n) is 5.97. The number of aromatic hydroxyl groups is 1. The van der Waals surface area contributed by atoms with Crippen LogP contribution < -0.4 is 0 Å². The summed E-state index contributed by atoms with van der Waals surface area (Å²) < 4.78 is 5.21. The number of phenolic OH excluding ortho intramolecular Hbond substituents is 1. The van der Waals surface area contributed by atoms with Crippen molar-refractivity contribution in [1.82, 2.24) is 0 Å². The second-order valence-corrected chi connectivity index (χ2v) is 7.21. The molecule has 2 aliphatic rings. The van der Waals surface area contributed by atoms with Crippen molar-refractivity contribution in [3.05, 3.63) is 28.8 Å². The van der Waals surface area contributed by atoms with Gasteiger partial charge in [0, 0.05) is 25.5 Å². The SMILES string of the molecule is CO[C@H]1CC(=O)C[C@@]2(Cl)C(=O)c3c(ccc(C)c3O)C(=O)[C@@]12Cl.